The Morgan fingerprint density at radius 1 is 0.812 bits per heavy atom. The van der Waals surface area contributed by atoms with Crippen LogP contribution in [0.1, 0.15) is 61.3 Å². The third-order valence-corrected chi connectivity index (χ3v) is 9.29. The number of anilines is 1. The van der Waals surface area contributed by atoms with E-state index in [2.05, 4.69) is 23.6 Å². The molecule has 1 saturated heterocycles. The van der Waals surface area contributed by atoms with Gasteiger partial charge in [0.25, 0.3) is 0 Å². The second kappa shape index (κ2) is 16.6. The number of aliphatic hydroxyl groups excluding tert-OH is 1. The third-order valence-electron chi connectivity index (χ3n) is 8.19. The molecule has 48 heavy (non-hydrogen) atoms. The van der Waals surface area contributed by atoms with Crippen LogP contribution in [-0.2, 0) is 37.0 Å². The van der Waals surface area contributed by atoms with Crippen LogP contribution in [0.4, 0.5) is 5.69 Å². The topological polar surface area (TPSA) is 134 Å². The summed E-state index contributed by atoms with van der Waals surface area (Å²) < 4.78 is 13.3. The number of carboxylic acids is 1. The molecule has 4 aromatic rings. The van der Waals surface area contributed by atoms with Gasteiger partial charge < -0.3 is 30.3 Å². The van der Waals surface area contributed by atoms with Crippen LogP contribution < -0.4 is 10.6 Å². The quantitative estimate of drug-likeness (QED) is 0.114. The summed E-state index contributed by atoms with van der Waals surface area (Å²) >= 11 is 1.69. The molecule has 0 bridgehead atoms. The smallest absolute Gasteiger partial charge is 0.303 e. The number of amides is 2. The van der Waals surface area contributed by atoms with Crippen molar-refractivity contribution in [2.75, 3.05) is 11.1 Å². The number of thioether (sulfide) groups is 1. The van der Waals surface area contributed by atoms with Crippen LogP contribution in [-0.4, -0.2) is 39.9 Å². The Balaban J connectivity index is 1.34. The number of rotatable bonds is 13. The van der Waals surface area contributed by atoms with Crippen molar-refractivity contribution < 1.29 is 34.1 Å². The number of carbonyl (C=O) groups excluding carboxylic acids is 2. The molecule has 9 nitrogen and oxygen atoms in total. The van der Waals surface area contributed by atoms with Gasteiger partial charge in [-0.2, -0.15) is 0 Å². The van der Waals surface area contributed by atoms with Crippen molar-refractivity contribution in [3.63, 3.8) is 0 Å². The zero-order valence-corrected chi connectivity index (χ0v) is 27.7. The number of benzene rings is 4. The molecule has 1 fully saturated rings. The summed E-state index contributed by atoms with van der Waals surface area (Å²) in [5.41, 5.74) is 6.29. The average molecular weight is 669 g/mol. The van der Waals surface area contributed by atoms with E-state index in [1.54, 1.807) is 11.8 Å². The molecule has 1 aliphatic rings. The standard InChI is InChI=1S/C38H40N2O7S/c1-24-34(23-48-33-15-13-32(14-16-33)40-25(2)42)46-38(47-37(24)28-11-9-26(22-41)10-12-28)31-8-4-7-30(20-31)29-6-3-5-27(19-29)21-39-35(43)17-18-36(44)45/h3-16,19-20,24,34,37-38,41H,17-18,21-23H2,1-2H3,(H,39,43)(H,40,42)(H,44,45). The Bertz CT molecular complexity index is 1710. The summed E-state index contributed by atoms with van der Waals surface area (Å²) in [5, 5.41) is 24.0. The second-order valence-corrected chi connectivity index (χ2v) is 12.9. The van der Waals surface area contributed by atoms with Gasteiger partial charge in [0.2, 0.25) is 11.8 Å². The van der Waals surface area contributed by atoms with Gasteiger partial charge in [-0.1, -0.05) is 67.6 Å². The maximum Gasteiger partial charge on any atom is 0.303 e. The SMILES string of the molecule is CC(=O)Nc1ccc(SCC2OC(c3cccc(-c4cccc(CNC(=O)CCC(=O)O)c4)c3)OC(c3ccc(CO)cc3)C2C)cc1. The Labute approximate surface area is 284 Å². The van der Waals surface area contributed by atoms with Gasteiger partial charge in [-0.25, -0.2) is 0 Å². The van der Waals surface area contributed by atoms with Crippen LogP contribution in [0, 0.1) is 5.92 Å². The number of aliphatic hydroxyl groups is 1. The number of aliphatic carboxylic acids is 1. The molecule has 1 aliphatic heterocycles. The molecule has 0 aliphatic carbocycles. The number of carboxylic acid groups (broad SMARTS) is 1. The van der Waals surface area contributed by atoms with E-state index in [1.165, 1.54) is 6.92 Å². The molecule has 250 valence electrons. The lowest BCUT2D eigenvalue weighted by Crippen LogP contribution is -2.38. The minimum Gasteiger partial charge on any atom is -0.481 e. The predicted octanol–water partition coefficient (Wildman–Crippen LogP) is 6.87. The Morgan fingerprint density at radius 3 is 2.21 bits per heavy atom. The van der Waals surface area contributed by atoms with Crippen LogP contribution in [0.25, 0.3) is 11.1 Å². The van der Waals surface area contributed by atoms with Crippen molar-refractivity contribution >= 4 is 35.2 Å². The van der Waals surface area contributed by atoms with E-state index in [9.17, 15) is 19.5 Å². The fourth-order valence-electron chi connectivity index (χ4n) is 5.56. The van der Waals surface area contributed by atoms with Crippen LogP contribution in [0.2, 0.25) is 0 Å². The van der Waals surface area contributed by atoms with Crippen molar-refractivity contribution in [3.8, 4) is 11.1 Å². The van der Waals surface area contributed by atoms with E-state index >= 15 is 0 Å². The van der Waals surface area contributed by atoms with Gasteiger partial charge in [-0.05, 0) is 64.2 Å². The highest BCUT2D eigenvalue weighted by molar-refractivity contribution is 7.99. The maximum absolute atomic E-state index is 12.1. The van der Waals surface area contributed by atoms with Gasteiger partial charge in [0.15, 0.2) is 6.29 Å². The molecule has 4 atom stereocenters. The molecular formula is C38H40N2O7S. The van der Waals surface area contributed by atoms with Crippen molar-refractivity contribution in [1.82, 2.24) is 5.32 Å². The van der Waals surface area contributed by atoms with E-state index in [4.69, 9.17) is 14.6 Å². The predicted molar refractivity (Wildman–Crippen MR) is 185 cm³/mol. The summed E-state index contributed by atoms with van der Waals surface area (Å²) in [6.45, 7) is 3.89. The number of nitrogens with one attached hydrogen (secondary N) is 2. The largest absolute Gasteiger partial charge is 0.481 e. The average Bonchev–Trinajstić information content (AvgIpc) is 3.10. The Hall–Kier alpha value is -4.48. The van der Waals surface area contributed by atoms with E-state index in [1.807, 2.05) is 91.0 Å². The first kappa shape index (κ1) is 34.8. The zero-order valence-electron chi connectivity index (χ0n) is 26.9. The molecule has 10 heteroatoms. The molecule has 2 amide bonds. The maximum atomic E-state index is 12.1. The second-order valence-electron chi connectivity index (χ2n) is 11.8. The monoisotopic (exact) mass is 668 g/mol. The van der Waals surface area contributed by atoms with Crippen LogP contribution in [0.3, 0.4) is 0 Å². The van der Waals surface area contributed by atoms with E-state index < -0.39 is 12.3 Å². The van der Waals surface area contributed by atoms with Gasteiger partial charge in [-0.3, -0.25) is 14.4 Å². The molecule has 0 saturated carbocycles. The van der Waals surface area contributed by atoms with Gasteiger partial charge >= 0.3 is 5.97 Å². The van der Waals surface area contributed by atoms with Gasteiger partial charge in [0.1, 0.15) is 0 Å². The number of hydrogen-bond donors (Lipinski definition) is 4. The Morgan fingerprint density at radius 2 is 1.52 bits per heavy atom. The number of carbonyl (C=O) groups is 3. The minimum absolute atomic E-state index is 0.0259. The normalized spacial score (nSPS) is 19.0. The van der Waals surface area contributed by atoms with Crippen LogP contribution in [0.5, 0.6) is 0 Å². The van der Waals surface area contributed by atoms with Crippen molar-refractivity contribution in [2.45, 2.75) is 63.2 Å². The first-order valence-electron chi connectivity index (χ1n) is 15.9. The van der Waals surface area contributed by atoms with Crippen LogP contribution >= 0.6 is 11.8 Å². The molecule has 1 heterocycles. The molecule has 0 spiro atoms. The fraction of sp³-hybridized carbons (Fsp3) is 0.289. The van der Waals surface area contributed by atoms with E-state index in [0.717, 1.165) is 44.0 Å². The van der Waals surface area contributed by atoms with Crippen LogP contribution in [0.15, 0.2) is 102 Å². The number of ether oxygens (including phenoxy) is 2. The molecule has 4 unspecified atom stereocenters. The fourth-order valence-corrected chi connectivity index (χ4v) is 6.63. The lowest BCUT2D eigenvalue weighted by atomic mass is 9.91. The number of hydrogen-bond acceptors (Lipinski definition) is 7. The molecule has 0 aromatic heterocycles. The van der Waals surface area contributed by atoms with Crippen molar-refractivity contribution in [2.24, 2.45) is 5.92 Å². The van der Waals surface area contributed by atoms with Gasteiger partial charge in [-0.15, -0.1) is 11.8 Å². The van der Waals surface area contributed by atoms with Gasteiger partial charge in [0.05, 0.1) is 25.2 Å². The molecular weight excluding hydrogens is 628 g/mol. The lowest BCUT2D eigenvalue weighted by Gasteiger charge is -2.41. The van der Waals surface area contributed by atoms with Crippen molar-refractivity contribution in [1.29, 1.82) is 0 Å². The summed E-state index contributed by atoms with van der Waals surface area (Å²) in [7, 11) is 0. The molecule has 5 rings (SSSR count). The summed E-state index contributed by atoms with van der Waals surface area (Å²) in [4.78, 5) is 35.3. The Kier molecular flexibility index (Phi) is 12.0. The highest BCUT2D eigenvalue weighted by atomic mass is 32.2. The van der Waals surface area contributed by atoms with E-state index in [-0.39, 0.29) is 49.4 Å². The zero-order chi connectivity index (χ0) is 34.0. The summed E-state index contributed by atoms with van der Waals surface area (Å²) in [5.74, 6) is -0.706. The first-order chi connectivity index (χ1) is 23.2. The van der Waals surface area contributed by atoms with Gasteiger partial charge in [0, 0.05) is 47.7 Å². The third kappa shape index (κ3) is 9.54. The molecule has 4 N–H and O–H groups in total. The highest BCUT2D eigenvalue weighted by Gasteiger charge is 2.38. The van der Waals surface area contributed by atoms with E-state index in [0.29, 0.717) is 12.3 Å². The first-order valence-corrected chi connectivity index (χ1v) is 16.9. The lowest BCUT2D eigenvalue weighted by molar-refractivity contribution is -0.268. The summed E-state index contributed by atoms with van der Waals surface area (Å²) in [6.07, 6.45) is -1.30. The molecule has 0 radical (unpaired) electrons. The molecule has 4 aromatic carbocycles. The van der Waals surface area contributed by atoms with Crippen molar-refractivity contribution in [3.05, 3.63) is 119 Å². The highest BCUT2D eigenvalue weighted by Crippen LogP contribution is 2.43. The minimum atomic E-state index is -1.00. The summed E-state index contributed by atoms with van der Waals surface area (Å²) in [6, 6.07) is 31.5.